The molecule has 5 rings (SSSR count). The average molecular weight is 451 g/mol. The molecule has 0 radical (unpaired) electrons. The fourth-order valence-electron chi connectivity index (χ4n) is 4.25. The van der Waals surface area contributed by atoms with Gasteiger partial charge in [0.1, 0.15) is 17.3 Å². The van der Waals surface area contributed by atoms with Gasteiger partial charge in [0.2, 0.25) is 5.95 Å². The first-order valence-electron chi connectivity index (χ1n) is 10.4. The number of anilines is 2. The highest BCUT2D eigenvalue weighted by Crippen LogP contribution is 2.39. The van der Waals surface area contributed by atoms with Crippen LogP contribution in [0.15, 0.2) is 52.1 Å². The first-order chi connectivity index (χ1) is 15.9. The van der Waals surface area contributed by atoms with Gasteiger partial charge in [-0.15, -0.1) is 0 Å². The molecule has 1 aliphatic rings. The minimum absolute atomic E-state index is 0.162. The molecule has 10 heteroatoms. The van der Waals surface area contributed by atoms with Gasteiger partial charge in [0.25, 0.3) is 5.56 Å². The molecule has 33 heavy (non-hydrogen) atoms. The summed E-state index contributed by atoms with van der Waals surface area (Å²) in [4.78, 5) is 32.9. The van der Waals surface area contributed by atoms with Gasteiger partial charge in [-0.05, 0) is 18.2 Å². The molecule has 0 aliphatic carbocycles. The predicted octanol–water partition coefficient (Wildman–Crippen LogP) is 2.25. The topological polar surface area (TPSA) is 83.5 Å². The van der Waals surface area contributed by atoms with E-state index < -0.39 is 17.1 Å². The van der Waals surface area contributed by atoms with Crippen molar-refractivity contribution in [1.29, 1.82) is 0 Å². The lowest BCUT2D eigenvalue weighted by atomic mass is 10.2. The summed E-state index contributed by atoms with van der Waals surface area (Å²) in [6.45, 7) is 0.898. The molecule has 0 unspecified atom stereocenters. The molecule has 0 atom stereocenters. The van der Waals surface area contributed by atoms with Gasteiger partial charge in [-0.2, -0.15) is 4.98 Å². The number of benzene rings is 2. The molecule has 170 valence electrons. The van der Waals surface area contributed by atoms with Crippen LogP contribution in [0.4, 0.5) is 16.0 Å². The van der Waals surface area contributed by atoms with E-state index in [0.717, 1.165) is 10.3 Å². The number of rotatable bonds is 5. The van der Waals surface area contributed by atoms with Crippen molar-refractivity contribution in [3.05, 3.63) is 74.7 Å². The van der Waals surface area contributed by atoms with Gasteiger partial charge >= 0.3 is 5.69 Å². The highest BCUT2D eigenvalue weighted by molar-refractivity contribution is 5.79. The van der Waals surface area contributed by atoms with Crippen molar-refractivity contribution < 1.29 is 13.9 Å². The summed E-state index contributed by atoms with van der Waals surface area (Å²) in [6, 6.07) is 11.6. The lowest BCUT2D eigenvalue weighted by Gasteiger charge is -2.19. The van der Waals surface area contributed by atoms with E-state index >= 15 is 0 Å². The molecule has 0 spiro atoms. The lowest BCUT2D eigenvalue weighted by Crippen LogP contribution is -2.40. The largest absolute Gasteiger partial charge is 0.497 e. The Bertz CT molecular complexity index is 1500. The zero-order valence-corrected chi connectivity index (χ0v) is 18.4. The van der Waals surface area contributed by atoms with Crippen LogP contribution in [-0.2, 0) is 20.1 Å². The minimum Gasteiger partial charge on any atom is -0.497 e. The zero-order valence-electron chi connectivity index (χ0n) is 18.4. The maximum absolute atomic E-state index is 14.2. The second kappa shape index (κ2) is 7.80. The summed E-state index contributed by atoms with van der Waals surface area (Å²) < 4.78 is 29.2. The van der Waals surface area contributed by atoms with Gasteiger partial charge in [0.05, 0.1) is 26.5 Å². The van der Waals surface area contributed by atoms with Gasteiger partial charge in [0.15, 0.2) is 11.2 Å². The van der Waals surface area contributed by atoms with E-state index in [9.17, 15) is 14.0 Å². The summed E-state index contributed by atoms with van der Waals surface area (Å²) in [5.41, 5.74) is 0.561. The Kier molecular flexibility index (Phi) is 4.92. The van der Waals surface area contributed by atoms with Crippen molar-refractivity contribution in [2.45, 2.75) is 13.1 Å². The van der Waals surface area contributed by atoms with Gasteiger partial charge in [-0.25, -0.2) is 9.18 Å². The van der Waals surface area contributed by atoms with Crippen molar-refractivity contribution in [2.75, 3.05) is 25.7 Å². The number of methoxy groups -OCH3 is 2. The average Bonchev–Trinajstić information content (AvgIpc) is 3.40. The Balaban J connectivity index is 1.67. The van der Waals surface area contributed by atoms with Crippen molar-refractivity contribution in [3.63, 3.8) is 0 Å². The smallest absolute Gasteiger partial charge is 0.332 e. The first-order valence-corrected chi connectivity index (χ1v) is 10.4. The molecule has 9 nitrogen and oxygen atoms in total. The maximum Gasteiger partial charge on any atom is 0.332 e. The van der Waals surface area contributed by atoms with Crippen molar-refractivity contribution in [3.8, 4) is 11.5 Å². The van der Waals surface area contributed by atoms with Gasteiger partial charge in [-0.3, -0.25) is 13.9 Å². The second-order valence-corrected chi connectivity index (χ2v) is 7.75. The summed E-state index contributed by atoms with van der Waals surface area (Å²) in [6.07, 6.45) is 0. The monoisotopic (exact) mass is 451 g/mol. The van der Waals surface area contributed by atoms with E-state index in [0.29, 0.717) is 36.1 Å². The lowest BCUT2D eigenvalue weighted by molar-refractivity contribution is 0.395. The third-order valence-electron chi connectivity index (χ3n) is 5.96. The Morgan fingerprint density at radius 2 is 1.85 bits per heavy atom. The van der Waals surface area contributed by atoms with Crippen LogP contribution in [0.5, 0.6) is 11.5 Å². The standard InChI is InChI=1S/C23H22FN5O4/c1-26-20-19(21(30)29(23(26)31)13-14-6-4-5-7-16(14)24)28-11-10-27(22(28)25-20)17-9-8-15(32-2)12-18(17)33-3/h4-9,12H,10-11,13H2,1-3H3. The first kappa shape index (κ1) is 20.8. The number of fused-ring (bicyclic) bond motifs is 3. The Morgan fingerprint density at radius 1 is 1.06 bits per heavy atom. The predicted molar refractivity (Wildman–Crippen MR) is 121 cm³/mol. The van der Waals surface area contributed by atoms with Crippen LogP contribution < -0.4 is 25.6 Å². The van der Waals surface area contributed by atoms with Crippen LogP contribution in [0.25, 0.3) is 11.2 Å². The van der Waals surface area contributed by atoms with Crippen LogP contribution in [0.3, 0.4) is 0 Å². The summed E-state index contributed by atoms with van der Waals surface area (Å²) >= 11 is 0. The number of hydrogen-bond donors (Lipinski definition) is 0. The number of hydrogen-bond acceptors (Lipinski definition) is 6. The van der Waals surface area contributed by atoms with Crippen molar-refractivity contribution in [1.82, 2.24) is 18.7 Å². The molecule has 0 amide bonds. The van der Waals surface area contributed by atoms with Gasteiger partial charge in [-0.1, -0.05) is 18.2 Å². The Morgan fingerprint density at radius 3 is 2.58 bits per heavy atom. The number of halogens is 1. The van der Waals surface area contributed by atoms with E-state index in [1.54, 1.807) is 50.1 Å². The van der Waals surface area contributed by atoms with E-state index in [-0.39, 0.29) is 17.8 Å². The minimum atomic E-state index is -0.555. The highest BCUT2D eigenvalue weighted by Gasteiger charge is 2.30. The molecule has 2 aromatic heterocycles. The third kappa shape index (κ3) is 3.17. The fourth-order valence-corrected chi connectivity index (χ4v) is 4.25. The van der Waals surface area contributed by atoms with Crippen LogP contribution in [0.2, 0.25) is 0 Å². The summed E-state index contributed by atoms with van der Waals surface area (Å²) in [5.74, 6) is 1.31. The summed E-state index contributed by atoms with van der Waals surface area (Å²) in [5, 5.41) is 0. The number of nitrogens with zero attached hydrogens (tertiary/aromatic N) is 5. The molecular weight excluding hydrogens is 429 g/mol. The molecule has 0 fully saturated rings. The molecule has 1 aliphatic heterocycles. The summed E-state index contributed by atoms with van der Waals surface area (Å²) in [7, 11) is 4.71. The van der Waals surface area contributed by atoms with E-state index in [2.05, 4.69) is 4.98 Å². The molecule has 2 aromatic carbocycles. The Labute approximate surface area is 187 Å². The fraction of sp³-hybridized carbons (Fsp3) is 0.261. The number of aromatic nitrogens is 4. The highest BCUT2D eigenvalue weighted by atomic mass is 19.1. The van der Waals surface area contributed by atoms with Crippen LogP contribution in [-0.4, -0.2) is 39.4 Å². The SMILES string of the molecule is COc1ccc(N2CCn3c2nc2c3c(=O)n(Cc3ccccc3F)c(=O)n2C)c(OC)c1. The zero-order chi connectivity index (χ0) is 23.3. The molecule has 0 saturated carbocycles. The second-order valence-electron chi connectivity index (χ2n) is 7.75. The Hall–Kier alpha value is -4.08. The normalized spacial score (nSPS) is 12.9. The quantitative estimate of drug-likeness (QED) is 0.463. The van der Waals surface area contributed by atoms with Crippen molar-refractivity contribution in [2.24, 2.45) is 7.05 Å². The molecule has 0 bridgehead atoms. The van der Waals surface area contributed by atoms with Gasteiger partial charge < -0.3 is 18.9 Å². The number of aryl methyl sites for hydroxylation is 1. The molecular formula is C23H22FN5O4. The van der Waals surface area contributed by atoms with E-state index in [1.165, 1.54) is 10.6 Å². The molecule has 3 heterocycles. The number of imidazole rings is 1. The van der Waals surface area contributed by atoms with Crippen LogP contribution in [0.1, 0.15) is 5.56 Å². The third-order valence-corrected chi connectivity index (χ3v) is 5.96. The van der Waals surface area contributed by atoms with E-state index in [1.807, 2.05) is 17.0 Å². The molecule has 4 aromatic rings. The van der Waals surface area contributed by atoms with Crippen LogP contribution in [0, 0.1) is 5.82 Å². The molecule has 0 saturated heterocycles. The van der Waals surface area contributed by atoms with Crippen molar-refractivity contribution >= 4 is 22.8 Å². The number of ether oxygens (including phenoxy) is 2. The van der Waals surface area contributed by atoms with Gasteiger partial charge in [0, 0.05) is 31.8 Å². The van der Waals surface area contributed by atoms with Crippen LogP contribution >= 0.6 is 0 Å². The van der Waals surface area contributed by atoms with E-state index in [4.69, 9.17) is 9.47 Å². The molecule has 0 N–H and O–H groups in total. The maximum atomic E-state index is 14.2.